The van der Waals surface area contributed by atoms with Crippen LogP contribution in [-0.4, -0.2) is 50.0 Å². The molecule has 0 unspecified atom stereocenters. The maximum Gasteiger partial charge on any atom is 0.242 e. The number of sulfonamides is 1. The number of nitrogens with zero attached hydrogens (tertiary/aromatic N) is 2. The molecule has 208 valence electrons. The first-order chi connectivity index (χ1) is 18.0. The molecule has 0 saturated heterocycles. The van der Waals surface area contributed by atoms with Gasteiger partial charge in [-0.2, -0.15) is 0 Å². The molecule has 7 nitrogen and oxygen atoms in total. The van der Waals surface area contributed by atoms with Gasteiger partial charge in [-0.15, -0.1) is 0 Å². The van der Waals surface area contributed by atoms with Crippen molar-refractivity contribution in [2.45, 2.75) is 77.4 Å². The SMILES string of the molecule is Cc1ccccc1N(CCCC(=O)N(Cc1c(Cl)cccc1Cl)[C@H](C)C(=O)NC1CCCCC1)S(C)(=O)=O. The second-order valence-electron chi connectivity index (χ2n) is 9.97. The van der Waals surface area contributed by atoms with Crippen LogP contribution in [0.4, 0.5) is 5.69 Å². The molecule has 0 spiro atoms. The van der Waals surface area contributed by atoms with Crippen LogP contribution in [0.1, 0.15) is 63.0 Å². The van der Waals surface area contributed by atoms with Gasteiger partial charge in [-0.3, -0.25) is 13.9 Å². The Morgan fingerprint density at radius 2 is 1.66 bits per heavy atom. The summed E-state index contributed by atoms with van der Waals surface area (Å²) in [6.07, 6.45) is 6.69. The van der Waals surface area contributed by atoms with Gasteiger partial charge in [-0.25, -0.2) is 8.42 Å². The third-order valence-electron chi connectivity index (χ3n) is 7.05. The standard InChI is InChI=1S/C28H37Cl2N3O4S/c1-20-11-7-8-16-26(20)33(38(3,36)37)18-10-17-27(34)32(19-23-24(29)14-9-15-25(23)30)21(2)28(35)31-22-12-5-4-6-13-22/h7-9,11,14-16,21-22H,4-6,10,12-13,17-19H2,1-3H3,(H,31,35)/t21-/m1/s1. The highest BCUT2D eigenvalue weighted by molar-refractivity contribution is 7.92. The topological polar surface area (TPSA) is 86.8 Å². The van der Waals surface area contributed by atoms with E-state index in [2.05, 4.69) is 5.32 Å². The smallest absolute Gasteiger partial charge is 0.242 e. The zero-order chi connectivity index (χ0) is 27.9. The summed E-state index contributed by atoms with van der Waals surface area (Å²) in [7, 11) is -3.56. The van der Waals surface area contributed by atoms with Crippen molar-refractivity contribution in [3.63, 3.8) is 0 Å². The van der Waals surface area contributed by atoms with Crippen molar-refractivity contribution in [1.29, 1.82) is 0 Å². The first-order valence-corrected chi connectivity index (χ1v) is 15.7. The Labute approximate surface area is 236 Å². The highest BCUT2D eigenvalue weighted by atomic mass is 35.5. The summed E-state index contributed by atoms with van der Waals surface area (Å²) in [5.41, 5.74) is 1.98. The highest BCUT2D eigenvalue weighted by Crippen LogP contribution is 2.28. The minimum atomic E-state index is -3.56. The van der Waals surface area contributed by atoms with E-state index in [1.165, 1.54) is 15.6 Å². The molecular formula is C28H37Cl2N3O4S. The second kappa shape index (κ2) is 13.7. The van der Waals surface area contributed by atoms with E-state index >= 15 is 0 Å². The van der Waals surface area contributed by atoms with Crippen LogP contribution in [0.25, 0.3) is 0 Å². The molecular weight excluding hydrogens is 545 g/mol. The van der Waals surface area contributed by atoms with Crippen molar-refractivity contribution in [2.24, 2.45) is 0 Å². The Hall–Kier alpha value is -2.29. The van der Waals surface area contributed by atoms with Crippen molar-refractivity contribution >= 4 is 50.7 Å². The monoisotopic (exact) mass is 581 g/mol. The van der Waals surface area contributed by atoms with E-state index in [9.17, 15) is 18.0 Å². The quantitative estimate of drug-likeness (QED) is 0.368. The lowest BCUT2D eigenvalue weighted by molar-refractivity contribution is -0.141. The normalized spacial score (nSPS) is 15.1. The molecule has 1 N–H and O–H groups in total. The number of rotatable bonds is 11. The maximum absolute atomic E-state index is 13.5. The van der Waals surface area contributed by atoms with Crippen molar-refractivity contribution in [3.8, 4) is 0 Å². The number of carbonyl (C=O) groups is 2. The number of benzene rings is 2. The first kappa shape index (κ1) is 30.3. The average Bonchev–Trinajstić information content (AvgIpc) is 2.86. The molecule has 3 rings (SSSR count). The molecule has 1 atom stereocenters. The third kappa shape index (κ3) is 8.10. The number of amides is 2. The number of para-hydroxylation sites is 1. The minimum absolute atomic E-state index is 0.0566. The van der Waals surface area contributed by atoms with Crippen LogP contribution in [0.3, 0.4) is 0 Å². The van der Waals surface area contributed by atoms with Gasteiger partial charge < -0.3 is 10.2 Å². The summed E-state index contributed by atoms with van der Waals surface area (Å²) in [5.74, 6) is -0.489. The molecule has 0 heterocycles. The molecule has 1 fully saturated rings. The van der Waals surface area contributed by atoms with Gasteiger partial charge in [0.05, 0.1) is 11.9 Å². The molecule has 1 saturated carbocycles. The Kier molecular flexibility index (Phi) is 10.9. The van der Waals surface area contributed by atoms with Crippen molar-refractivity contribution in [2.75, 3.05) is 17.1 Å². The van der Waals surface area contributed by atoms with Crippen molar-refractivity contribution in [1.82, 2.24) is 10.2 Å². The van der Waals surface area contributed by atoms with Crippen LogP contribution in [-0.2, 0) is 26.2 Å². The molecule has 0 radical (unpaired) electrons. The Morgan fingerprint density at radius 1 is 1.03 bits per heavy atom. The number of halogens is 2. The first-order valence-electron chi connectivity index (χ1n) is 13.0. The molecule has 0 aromatic heterocycles. The summed E-state index contributed by atoms with van der Waals surface area (Å²) < 4.78 is 26.4. The Bertz CT molecular complexity index is 1210. The summed E-state index contributed by atoms with van der Waals surface area (Å²) in [6, 6.07) is 11.7. The van der Waals surface area contributed by atoms with Gasteiger partial charge in [-0.05, 0) is 56.9 Å². The maximum atomic E-state index is 13.5. The summed E-state index contributed by atoms with van der Waals surface area (Å²) in [4.78, 5) is 28.2. The molecule has 1 aliphatic carbocycles. The van der Waals surface area contributed by atoms with Crippen molar-refractivity contribution in [3.05, 3.63) is 63.6 Å². The van der Waals surface area contributed by atoms with Crippen LogP contribution < -0.4 is 9.62 Å². The van der Waals surface area contributed by atoms with E-state index in [1.807, 2.05) is 19.1 Å². The third-order valence-corrected chi connectivity index (χ3v) is 8.93. The minimum Gasteiger partial charge on any atom is -0.352 e. The summed E-state index contributed by atoms with van der Waals surface area (Å²) in [6.45, 7) is 3.76. The fourth-order valence-corrected chi connectivity index (χ4v) is 6.37. The average molecular weight is 583 g/mol. The zero-order valence-corrected chi connectivity index (χ0v) is 24.6. The molecule has 0 bridgehead atoms. The van der Waals surface area contributed by atoms with Crippen LogP contribution in [0, 0.1) is 6.92 Å². The van der Waals surface area contributed by atoms with Gasteiger partial charge in [-0.1, -0.05) is 66.7 Å². The van der Waals surface area contributed by atoms with Crippen LogP contribution >= 0.6 is 23.2 Å². The molecule has 38 heavy (non-hydrogen) atoms. The fraction of sp³-hybridized carbons (Fsp3) is 0.500. The molecule has 2 aromatic rings. The van der Waals surface area contributed by atoms with Gasteiger partial charge in [0.15, 0.2) is 0 Å². The fourth-order valence-electron chi connectivity index (χ4n) is 4.83. The van der Waals surface area contributed by atoms with Crippen LogP contribution in [0.5, 0.6) is 0 Å². The Balaban J connectivity index is 1.76. The zero-order valence-electron chi connectivity index (χ0n) is 22.3. The van der Waals surface area contributed by atoms with E-state index in [1.54, 1.807) is 37.3 Å². The van der Waals surface area contributed by atoms with E-state index in [-0.39, 0.29) is 43.8 Å². The van der Waals surface area contributed by atoms with E-state index in [0.717, 1.165) is 37.5 Å². The van der Waals surface area contributed by atoms with Crippen LogP contribution in [0.2, 0.25) is 10.0 Å². The predicted octanol–water partition coefficient (Wildman–Crippen LogP) is 5.71. The van der Waals surface area contributed by atoms with Gasteiger partial charge in [0, 0.05) is 41.2 Å². The molecule has 2 amide bonds. The lowest BCUT2D eigenvalue weighted by Crippen LogP contribution is -2.50. The van der Waals surface area contributed by atoms with Gasteiger partial charge in [0.25, 0.3) is 0 Å². The number of nitrogens with one attached hydrogen (secondary N) is 1. The van der Waals surface area contributed by atoms with Gasteiger partial charge in [0.2, 0.25) is 21.8 Å². The Morgan fingerprint density at radius 3 is 2.26 bits per heavy atom. The largest absolute Gasteiger partial charge is 0.352 e. The van der Waals surface area contributed by atoms with Crippen LogP contribution in [0.15, 0.2) is 42.5 Å². The second-order valence-corrected chi connectivity index (χ2v) is 12.7. The van der Waals surface area contributed by atoms with Crippen molar-refractivity contribution < 1.29 is 18.0 Å². The van der Waals surface area contributed by atoms with E-state index < -0.39 is 16.1 Å². The van der Waals surface area contributed by atoms with E-state index in [4.69, 9.17) is 23.2 Å². The lowest BCUT2D eigenvalue weighted by atomic mass is 9.95. The number of hydrogen-bond donors (Lipinski definition) is 1. The lowest BCUT2D eigenvalue weighted by Gasteiger charge is -2.32. The number of anilines is 1. The molecule has 2 aromatic carbocycles. The molecule has 1 aliphatic rings. The number of carbonyl (C=O) groups excluding carboxylic acids is 2. The molecule has 10 heteroatoms. The van der Waals surface area contributed by atoms with E-state index in [0.29, 0.717) is 21.3 Å². The number of hydrogen-bond acceptors (Lipinski definition) is 4. The van der Waals surface area contributed by atoms with Gasteiger partial charge in [0.1, 0.15) is 6.04 Å². The summed E-state index contributed by atoms with van der Waals surface area (Å²) in [5, 5.41) is 3.93. The van der Waals surface area contributed by atoms with Gasteiger partial charge >= 0.3 is 0 Å². The number of aryl methyl sites for hydroxylation is 1. The summed E-state index contributed by atoms with van der Waals surface area (Å²) >= 11 is 12.8. The molecule has 0 aliphatic heterocycles. The highest BCUT2D eigenvalue weighted by Gasteiger charge is 2.29. The predicted molar refractivity (Wildman–Crippen MR) is 154 cm³/mol.